The van der Waals surface area contributed by atoms with Crippen LogP contribution in [0.5, 0.6) is 0 Å². The Morgan fingerprint density at radius 2 is 2.42 bits per heavy atom. The Kier molecular flexibility index (Phi) is 3.13. The van der Waals surface area contributed by atoms with Crippen LogP contribution in [-0.2, 0) is 0 Å². The van der Waals surface area contributed by atoms with Gasteiger partial charge in [-0.25, -0.2) is 0 Å². The summed E-state index contributed by atoms with van der Waals surface area (Å²) in [5.41, 5.74) is 1.59. The van der Waals surface area contributed by atoms with Gasteiger partial charge in [0.2, 0.25) is 0 Å². The Morgan fingerprint density at radius 3 is 2.67 bits per heavy atom. The largest absolute Gasteiger partial charge is 0.103 e. The summed E-state index contributed by atoms with van der Waals surface area (Å²) in [6.07, 6.45) is 6.99. The summed E-state index contributed by atoms with van der Waals surface area (Å²) in [6, 6.07) is 0. The molecule has 0 bridgehead atoms. The first-order valence-corrected chi connectivity index (χ1v) is 4.99. The summed E-state index contributed by atoms with van der Waals surface area (Å²) in [5, 5.41) is 0. The molecule has 0 aromatic rings. The first-order chi connectivity index (χ1) is 5.70. The molecule has 1 aliphatic carbocycles. The van der Waals surface area contributed by atoms with Gasteiger partial charge < -0.3 is 0 Å². The molecule has 0 heterocycles. The van der Waals surface area contributed by atoms with Crippen molar-refractivity contribution in [2.75, 3.05) is 0 Å². The predicted molar refractivity (Wildman–Crippen MR) is 55.0 cm³/mol. The molecular weight excluding hydrogens is 144 g/mol. The molecule has 0 aliphatic heterocycles. The average Bonchev–Trinajstić information content (AvgIpc) is 2.04. The fraction of sp³-hybridized carbons (Fsp3) is 0.667. The third kappa shape index (κ3) is 1.63. The van der Waals surface area contributed by atoms with Gasteiger partial charge in [0.15, 0.2) is 0 Å². The summed E-state index contributed by atoms with van der Waals surface area (Å²) in [4.78, 5) is 0. The van der Waals surface area contributed by atoms with Crippen molar-refractivity contribution in [1.29, 1.82) is 0 Å². The molecule has 0 saturated carbocycles. The van der Waals surface area contributed by atoms with E-state index in [-0.39, 0.29) is 0 Å². The molecule has 3 unspecified atom stereocenters. The van der Waals surface area contributed by atoms with Crippen LogP contribution in [0.3, 0.4) is 0 Å². The number of hydrogen-bond donors (Lipinski definition) is 0. The van der Waals surface area contributed by atoms with Crippen LogP contribution in [0, 0.1) is 17.8 Å². The smallest absolute Gasteiger partial charge is 0.0140 e. The number of allylic oxidation sites excluding steroid dienone is 3. The Balaban J connectivity index is 2.51. The van der Waals surface area contributed by atoms with E-state index in [9.17, 15) is 0 Å². The van der Waals surface area contributed by atoms with Crippen molar-refractivity contribution >= 4 is 0 Å². The van der Waals surface area contributed by atoms with Crippen LogP contribution in [0.2, 0.25) is 0 Å². The van der Waals surface area contributed by atoms with E-state index in [1.54, 1.807) is 5.57 Å². The van der Waals surface area contributed by atoms with Crippen LogP contribution in [0.4, 0.5) is 0 Å². The van der Waals surface area contributed by atoms with Gasteiger partial charge >= 0.3 is 0 Å². The molecule has 0 N–H and O–H groups in total. The van der Waals surface area contributed by atoms with Gasteiger partial charge in [0, 0.05) is 0 Å². The topological polar surface area (TPSA) is 0 Å². The van der Waals surface area contributed by atoms with Gasteiger partial charge in [0.25, 0.3) is 0 Å². The molecule has 0 nitrogen and oxygen atoms in total. The lowest BCUT2D eigenvalue weighted by atomic mass is 9.71. The van der Waals surface area contributed by atoms with Crippen LogP contribution in [-0.4, -0.2) is 0 Å². The van der Waals surface area contributed by atoms with E-state index in [1.165, 1.54) is 12.8 Å². The third-order valence-corrected chi connectivity index (χ3v) is 3.36. The van der Waals surface area contributed by atoms with E-state index < -0.39 is 0 Å². The van der Waals surface area contributed by atoms with Gasteiger partial charge in [0.05, 0.1) is 0 Å². The zero-order valence-corrected chi connectivity index (χ0v) is 8.51. The lowest BCUT2D eigenvalue weighted by Gasteiger charge is -2.34. The molecular formula is C12H20. The van der Waals surface area contributed by atoms with Crippen molar-refractivity contribution < 1.29 is 0 Å². The van der Waals surface area contributed by atoms with Crippen LogP contribution in [0.15, 0.2) is 24.3 Å². The molecule has 1 rings (SSSR count). The lowest BCUT2D eigenvalue weighted by molar-refractivity contribution is 0.295. The zero-order chi connectivity index (χ0) is 9.14. The molecule has 0 amide bonds. The molecule has 12 heavy (non-hydrogen) atoms. The van der Waals surface area contributed by atoms with Gasteiger partial charge in [-0.1, -0.05) is 31.6 Å². The fourth-order valence-corrected chi connectivity index (χ4v) is 2.17. The molecule has 0 saturated heterocycles. The lowest BCUT2D eigenvalue weighted by Crippen LogP contribution is -2.24. The van der Waals surface area contributed by atoms with Gasteiger partial charge in [-0.2, -0.15) is 0 Å². The van der Waals surface area contributed by atoms with Gasteiger partial charge in [-0.05, 0) is 37.5 Å². The van der Waals surface area contributed by atoms with Crippen LogP contribution < -0.4 is 0 Å². The fourth-order valence-electron chi connectivity index (χ4n) is 2.17. The summed E-state index contributed by atoms with van der Waals surface area (Å²) in [6.45, 7) is 10.8. The van der Waals surface area contributed by atoms with Crippen molar-refractivity contribution in [3.63, 3.8) is 0 Å². The van der Waals surface area contributed by atoms with Gasteiger partial charge in [-0.15, -0.1) is 6.58 Å². The zero-order valence-electron chi connectivity index (χ0n) is 8.51. The highest BCUT2D eigenvalue weighted by Crippen LogP contribution is 2.38. The van der Waals surface area contributed by atoms with Crippen molar-refractivity contribution in [3.8, 4) is 0 Å². The second-order valence-corrected chi connectivity index (χ2v) is 3.96. The van der Waals surface area contributed by atoms with Crippen molar-refractivity contribution in [2.45, 2.75) is 33.6 Å². The highest BCUT2D eigenvalue weighted by molar-refractivity contribution is 5.17. The Bertz CT molecular complexity index is 186. The minimum Gasteiger partial charge on any atom is -0.103 e. The minimum atomic E-state index is 0.707. The van der Waals surface area contributed by atoms with Crippen molar-refractivity contribution in [2.24, 2.45) is 17.8 Å². The summed E-state index contributed by atoms with van der Waals surface area (Å²) < 4.78 is 0. The second kappa shape index (κ2) is 3.93. The Labute approximate surface area is 76.4 Å². The molecule has 0 spiro atoms. The molecule has 0 aromatic heterocycles. The molecule has 0 fully saturated rings. The monoisotopic (exact) mass is 164 g/mol. The van der Waals surface area contributed by atoms with E-state index in [1.807, 2.05) is 0 Å². The Morgan fingerprint density at radius 1 is 1.75 bits per heavy atom. The SMILES string of the molecule is C=CC(CC)C(C)C1CC=C1C. The standard InChI is InChI=1S/C12H20/c1-5-11(6-2)10(4)12-8-7-9(12)3/h5,7,10-12H,1,6,8H2,2-4H3. The molecule has 0 aromatic carbocycles. The minimum absolute atomic E-state index is 0.707. The van der Waals surface area contributed by atoms with E-state index >= 15 is 0 Å². The summed E-state index contributed by atoms with van der Waals surface area (Å²) in [5.74, 6) is 2.34. The van der Waals surface area contributed by atoms with E-state index in [0.717, 1.165) is 11.8 Å². The molecule has 1 aliphatic rings. The quantitative estimate of drug-likeness (QED) is 0.554. The maximum absolute atomic E-state index is 3.90. The van der Waals surface area contributed by atoms with Crippen LogP contribution in [0.25, 0.3) is 0 Å². The predicted octanol–water partition coefficient (Wildman–Crippen LogP) is 3.80. The van der Waals surface area contributed by atoms with Gasteiger partial charge in [0.1, 0.15) is 0 Å². The molecule has 3 atom stereocenters. The second-order valence-electron chi connectivity index (χ2n) is 3.96. The van der Waals surface area contributed by atoms with E-state index in [4.69, 9.17) is 0 Å². The highest BCUT2D eigenvalue weighted by atomic mass is 14.3. The van der Waals surface area contributed by atoms with Crippen molar-refractivity contribution in [1.82, 2.24) is 0 Å². The normalized spacial score (nSPS) is 26.9. The summed E-state index contributed by atoms with van der Waals surface area (Å²) >= 11 is 0. The molecule has 0 radical (unpaired) electrons. The van der Waals surface area contributed by atoms with E-state index in [0.29, 0.717) is 5.92 Å². The highest BCUT2D eigenvalue weighted by Gasteiger charge is 2.27. The summed E-state index contributed by atoms with van der Waals surface area (Å²) in [7, 11) is 0. The maximum Gasteiger partial charge on any atom is -0.0140 e. The first-order valence-electron chi connectivity index (χ1n) is 4.99. The van der Waals surface area contributed by atoms with Crippen LogP contribution in [0.1, 0.15) is 33.6 Å². The van der Waals surface area contributed by atoms with Crippen molar-refractivity contribution in [3.05, 3.63) is 24.3 Å². The number of hydrogen-bond acceptors (Lipinski definition) is 0. The Hall–Kier alpha value is -0.520. The average molecular weight is 164 g/mol. The van der Waals surface area contributed by atoms with E-state index in [2.05, 4.69) is 39.5 Å². The molecule has 0 heteroatoms. The first kappa shape index (κ1) is 9.57. The number of rotatable bonds is 4. The maximum atomic E-state index is 3.90. The van der Waals surface area contributed by atoms with Gasteiger partial charge in [-0.3, -0.25) is 0 Å². The molecule has 68 valence electrons. The van der Waals surface area contributed by atoms with Crippen LogP contribution >= 0.6 is 0 Å². The third-order valence-electron chi connectivity index (χ3n) is 3.36.